The first-order valence-electron chi connectivity index (χ1n) is 11.5. The van der Waals surface area contributed by atoms with Crippen molar-refractivity contribution >= 4 is 58.2 Å². The number of hydrogen-bond acceptors (Lipinski definition) is 5. The molecule has 1 unspecified atom stereocenters. The van der Waals surface area contributed by atoms with Crippen molar-refractivity contribution < 1.29 is 19.1 Å². The van der Waals surface area contributed by atoms with Crippen molar-refractivity contribution in [2.75, 3.05) is 24.9 Å². The van der Waals surface area contributed by atoms with Crippen LogP contribution in [0.3, 0.4) is 0 Å². The van der Waals surface area contributed by atoms with Gasteiger partial charge in [-0.25, -0.2) is 0 Å². The van der Waals surface area contributed by atoms with E-state index in [4.69, 9.17) is 32.7 Å². The molecule has 9 heteroatoms. The van der Waals surface area contributed by atoms with Crippen LogP contribution < -0.4 is 20.1 Å². The Labute approximate surface area is 235 Å². The van der Waals surface area contributed by atoms with E-state index in [1.54, 1.807) is 49.6 Å². The van der Waals surface area contributed by atoms with Gasteiger partial charge in [0.2, 0.25) is 5.91 Å². The number of nitrogens with one attached hydrogen (secondary N) is 2. The van der Waals surface area contributed by atoms with Gasteiger partial charge in [-0.1, -0.05) is 53.5 Å². The van der Waals surface area contributed by atoms with E-state index >= 15 is 0 Å². The SMILES string of the molecule is COc1ccc(NC(=O)C(Sc2ccc(NC(=O)c3ccc(Cl)cc3Cl)cc2)c2ccccc2)c(OC)c1. The standard InChI is InChI=1S/C29H24Cl2N2O4S/c1-36-21-11-15-25(26(17-21)37-2)33-29(35)27(18-6-4-3-5-7-18)38-22-12-9-20(10-13-22)32-28(34)23-14-8-19(30)16-24(23)31/h3-17,27H,1-2H3,(H,32,34)(H,33,35). The molecule has 2 amide bonds. The molecule has 0 saturated heterocycles. The Morgan fingerprint density at radius 1 is 0.816 bits per heavy atom. The molecule has 194 valence electrons. The number of anilines is 2. The highest BCUT2D eigenvalue weighted by molar-refractivity contribution is 8.00. The van der Waals surface area contributed by atoms with Crippen molar-refractivity contribution in [3.8, 4) is 11.5 Å². The number of rotatable bonds is 9. The highest BCUT2D eigenvalue weighted by atomic mass is 35.5. The Kier molecular flexibility index (Phi) is 9.18. The Morgan fingerprint density at radius 3 is 2.21 bits per heavy atom. The molecule has 0 aliphatic heterocycles. The summed E-state index contributed by atoms with van der Waals surface area (Å²) in [4.78, 5) is 26.9. The smallest absolute Gasteiger partial charge is 0.257 e. The summed E-state index contributed by atoms with van der Waals surface area (Å²) in [6.07, 6.45) is 0. The lowest BCUT2D eigenvalue weighted by atomic mass is 10.1. The number of benzene rings is 4. The summed E-state index contributed by atoms with van der Waals surface area (Å²) in [5, 5.41) is 5.99. The minimum absolute atomic E-state index is 0.209. The van der Waals surface area contributed by atoms with Crippen LogP contribution in [0.4, 0.5) is 11.4 Å². The van der Waals surface area contributed by atoms with Gasteiger partial charge >= 0.3 is 0 Å². The largest absolute Gasteiger partial charge is 0.497 e. The van der Waals surface area contributed by atoms with E-state index in [1.165, 1.54) is 24.9 Å². The molecule has 0 aromatic heterocycles. The highest BCUT2D eigenvalue weighted by Crippen LogP contribution is 2.38. The van der Waals surface area contributed by atoms with E-state index in [2.05, 4.69) is 10.6 Å². The van der Waals surface area contributed by atoms with Crippen molar-refractivity contribution in [3.05, 3.63) is 112 Å². The van der Waals surface area contributed by atoms with Gasteiger partial charge in [0.05, 0.1) is 30.5 Å². The molecule has 4 rings (SSSR count). The summed E-state index contributed by atoms with van der Waals surface area (Å²) < 4.78 is 10.7. The molecule has 0 heterocycles. The zero-order valence-electron chi connectivity index (χ0n) is 20.5. The molecule has 0 bridgehead atoms. The van der Waals surface area contributed by atoms with Gasteiger partial charge < -0.3 is 20.1 Å². The molecule has 38 heavy (non-hydrogen) atoms. The van der Waals surface area contributed by atoms with E-state index in [0.717, 1.165) is 10.5 Å². The Balaban J connectivity index is 1.51. The molecule has 0 spiro atoms. The predicted octanol–water partition coefficient (Wildman–Crippen LogP) is 7.74. The Hall–Kier alpha value is -3.65. The number of methoxy groups -OCH3 is 2. The van der Waals surface area contributed by atoms with E-state index < -0.39 is 5.25 Å². The number of carbonyl (C=O) groups excluding carboxylic acids is 2. The van der Waals surface area contributed by atoms with Gasteiger partial charge in [-0.15, -0.1) is 11.8 Å². The van der Waals surface area contributed by atoms with E-state index in [9.17, 15) is 9.59 Å². The van der Waals surface area contributed by atoms with E-state index in [-0.39, 0.29) is 16.8 Å². The summed E-state index contributed by atoms with van der Waals surface area (Å²) in [7, 11) is 3.10. The van der Waals surface area contributed by atoms with E-state index in [0.29, 0.717) is 33.5 Å². The first kappa shape index (κ1) is 27.4. The van der Waals surface area contributed by atoms with Crippen LogP contribution in [-0.2, 0) is 4.79 Å². The fourth-order valence-electron chi connectivity index (χ4n) is 3.63. The molecule has 4 aromatic rings. The predicted molar refractivity (Wildman–Crippen MR) is 154 cm³/mol. The second-order valence-electron chi connectivity index (χ2n) is 8.07. The van der Waals surface area contributed by atoms with Crippen molar-refractivity contribution in [3.63, 3.8) is 0 Å². The third-order valence-electron chi connectivity index (χ3n) is 5.55. The average Bonchev–Trinajstić information content (AvgIpc) is 2.93. The third-order valence-corrected chi connectivity index (χ3v) is 7.36. The normalized spacial score (nSPS) is 11.4. The second-order valence-corrected chi connectivity index (χ2v) is 10.1. The number of amides is 2. The molecule has 0 saturated carbocycles. The summed E-state index contributed by atoms with van der Waals surface area (Å²) in [5.74, 6) is 0.566. The average molecular weight is 567 g/mol. The first-order chi connectivity index (χ1) is 18.4. The number of thioether (sulfide) groups is 1. The van der Waals surface area contributed by atoms with Crippen LogP contribution in [0.25, 0.3) is 0 Å². The quantitative estimate of drug-likeness (QED) is 0.203. The van der Waals surface area contributed by atoms with Gasteiger partial charge in [0.1, 0.15) is 16.7 Å². The summed E-state index contributed by atoms with van der Waals surface area (Å²) in [5.41, 5.74) is 2.30. The van der Waals surface area contributed by atoms with Crippen molar-refractivity contribution in [2.45, 2.75) is 10.1 Å². The van der Waals surface area contributed by atoms with Crippen LogP contribution in [0.5, 0.6) is 11.5 Å². The molecule has 1 atom stereocenters. The third kappa shape index (κ3) is 6.81. The fraction of sp³-hybridized carbons (Fsp3) is 0.103. The maximum absolute atomic E-state index is 13.5. The van der Waals surface area contributed by atoms with Crippen LogP contribution >= 0.6 is 35.0 Å². The zero-order valence-corrected chi connectivity index (χ0v) is 22.9. The lowest BCUT2D eigenvalue weighted by molar-refractivity contribution is -0.115. The first-order valence-corrected chi connectivity index (χ1v) is 13.1. The monoisotopic (exact) mass is 566 g/mol. The number of carbonyl (C=O) groups is 2. The maximum Gasteiger partial charge on any atom is 0.257 e. The second kappa shape index (κ2) is 12.7. The Bertz CT molecular complexity index is 1430. The van der Waals surface area contributed by atoms with Crippen LogP contribution in [0.15, 0.2) is 95.9 Å². The summed E-state index contributed by atoms with van der Waals surface area (Å²) in [6, 6.07) is 26.7. The number of hydrogen-bond donors (Lipinski definition) is 2. The molecule has 6 nitrogen and oxygen atoms in total. The van der Waals surface area contributed by atoms with Gasteiger partial charge in [-0.2, -0.15) is 0 Å². The molecule has 4 aromatic carbocycles. The lowest BCUT2D eigenvalue weighted by Gasteiger charge is -2.19. The summed E-state index contributed by atoms with van der Waals surface area (Å²) in [6.45, 7) is 0. The topological polar surface area (TPSA) is 76.7 Å². The fourth-order valence-corrected chi connectivity index (χ4v) is 5.14. The van der Waals surface area contributed by atoms with Gasteiger partial charge in [0.15, 0.2) is 0 Å². The minimum atomic E-state index is -0.545. The molecule has 2 N–H and O–H groups in total. The van der Waals surface area contributed by atoms with Crippen molar-refractivity contribution in [2.24, 2.45) is 0 Å². The zero-order chi connectivity index (χ0) is 27.1. The maximum atomic E-state index is 13.5. The van der Waals surface area contributed by atoms with Crippen LogP contribution in [0.2, 0.25) is 10.0 Å². The van der Waals surface area contributed by atoms with Gasteiger partial charge in [-0.05, 0) is 60.2 Å². The number of ether oxygens (including phenoxy) is 2. The Morgan fingerprint density at radius 2 is 1.55 bits per heavy atom. The number of halogens is 2. The minimum Gasteiger partial charge on any atom is -0.497 e. The van der Waals surface area contributed by atoms with Gasteiger partial charge in [0.25, 0.3) is 5.91 Å². The van der Waals surface area contributed by atoms with Crippen molar-refractivity contribution in [1.82, 2.24) is 0 Å². The lowest BCUT2D eigenvalue weighted by Crippen LogP contribution is -2.19. The summed E-state index contributed by atoms with van der Waals surface area (Å²) >= 11 is 13.5. The van der Waals surface area contributed by atoms with Crippen LogP contribution in [0, 0.1) is 0 Å². The van der Waals surface area contributed by atoms with Crippen LogP contribution in [-0.4, -0.2) is 26.0 Å². The molecule has 0 fully saturated rings. The van der Waals surface area contributed by atoms with Gasteiger partial charge in [0, 0.05) is 21.7 Å². The van der Waals surface area contributed by atoms with Crippen LogP contribution in [0.1, 0.15) is 21.2 Å². The molecule has 0 aliphatic rings. The molecular formula is C29H24Cl2N2O4S. The van der Waals surface area contributed by atoms with E-state index in [1.807, 2.05) is 42.5 Å². The van der Waals surface area contributed by atoms with Gasteiger partial charge in [-0.3, -0.25) is 9.59 Å². The molecule has 0 radical (unpaired) electrons. The highest BCUT2D eigenvalue weighted by Gasteiger charge is 2.23. The molecule has 0 aliphatic carbocycles. The molecular weight excluding hydrogens is 543 g/mol. The van der Waals surface area contributed by atoms with Crippen molar-refractivity contribution in [1.29, 1.82) is 0 Å².